The number of nitrogens with zero attached hydrogens (tertiary/aromatic N) is 3. The molecule has 42 heavy (non-hydrogen) atoms. The van der Waals surface area contributed by atoms with Gasteiger partial charge < -0.3 is 25.2 Å². The summed E-state index contributed by atoms with van der Waals surface area (Å²) in [5.41, 5.74) is 7.29. The number of carbonyl (C=O) groups is 2. The average molecular weight is 598 g/mol. The summed E-state index contributed by atoms with van der Waals surface area (Å²) in [4.78, 5) is 33.5. The molecule has 0 aliphatic carbocycles. The van der Waals surface area contributed by atoms with E-state index >= 15 is 0 Å². The second kappa shape index (κ2) is 12.5. The molecule has 1 saturated heterocycles. The summed E-state index contributed by atoms with van der Waals surface area (Å²) in [5.74, 6) is -1.13. The Kier molecular flexibility index (Phi) is 9.09. The number of H-pyrrole nitrogens is 1. The molecule has 1 aliphatic heterocycles. The number of amides is 1. The molecule has 3 N–H and O–H groups in total. The first-order valence-electron chi connectivity index (χ1n) is 12.8. The highest BCUT2D eigenvalue weighted by molar-refractivity contribution is 6.36. The Morgan fingerprint density at radius 3 is 2.29 bits per heavy atom. The van der Waals surface area contributed by atoms with Crippen molar-refractivity contribution in [2.45, 2.75) is 13.1 Å². The number of likely N-dealkylation sites (N-methyl/N-ethyl adjacent to an activating group) is 1. The van der Waals surface area contributed by atoms with Crippen molar-refractivity contribution in [2.24, 2.45) is 0 Å². The number of carbonyl (C=O) groups excluding carboxylic acids is 1. The van der Waals surface area contributed by atoms with Gasteiger partial charge in [0, 0.05) is 54.7 Å². The molecule has 218 valence electrons. The molecule has 12 heteroatoms. The summed E-state index contributed by atoms with van der Waals surface area (Å²) in [6, 6.07) is 16.3. The fourth-order valence-electron chi connectivity index (χ4n) is 4.56. The number of hydrogen-bond acceptors (Lipinski definition) is 5. The molecule has 0 atom stereocenters. The lowest BCUT2D eigenvalue weighted by atomic mass is 9.97. The lowest BCUT2D eigenvalue weighted by molar-refractivity contribution is -0.192. The third-order valence-corrected chi connectivity index (χ3v) is 7.13. The Morgan fingerprint density at radius 2 is 1.69 bits per heavy atom. The van der Waals surface area contributed by atoms with Crippen LogP contribution in [0.5, 0.6) is 0 Å². The lowest BCUT2D eigenvalue weighted by Gasteiger charge is -2.34. The van der Waals surface area contributed by atoms with Crippen LogP contribution in [0, 0.1) is 19.3 Å². The van der Waals surface area contributed by atoms with Crippen LogP contribution in [0.1, 0.15) is 5.56 Å². The number of aromatic amines is 1. The van der Waals surface area contributed by atoms with Crippen molar-refractivity contribution in [1.29, 1.82) is 0 Å². The fraction of sp³-hybridized carbons (Fsp3) is 0.233. The topological polar surface area (TPSA) is 102 Å². The zero-order valence-electron chi connectivity index (χ0n) is 22.7. The van der Waals surface area contributed by atoms with Gasteiger partial charge in [-0.1, -0.05) is 35.9 Å². The summed E-state index contributed by atoms with van der Waals surface area (Å²) in [6.45, 7) is 6.08. The predicted octanol–water partition coefficient (Wildman–Crippen LogP) is 5.82. The zero-order chi connectivity index (χ0) is 30.6. The van der Waals surface area contributed by atoms with Gasteiger partial charge in [0.1, 0.15) is 5.65 Å². The first-order chi connectivity index (χ1) is 19.9. The number of anilines is 2. The van der Waals surface area contributed by atoms with Crippen LogP contribution in [-0.2, 0) is 9.59 Å². The van der Waals surface area contributed by atoms with Crippen LogP contribution in [0.2, 0.25) is 5.02 Å². The number of hydrogen-bond donors (Lipinski definition) is 3. The van der Waals surface area contributed by atoms with E-state index in [1.165, 1.54) is 5.69 Å². The molecule has 8 nitrogen and oxygen atoms in total. The Balaban J connectivity index is 0.000000517. The van der Waals surface area contributed by atoms with Crippen LogP contribution in [0.25, 0.3) is 33.4 Å². The van der Waals surface area contributed by atoms with Crippen molar-refractivity contribution < 1.29 is 27.9 Å². The molecular weight excluding hydrogens is 571 g/mol. The smallest absolute Gasteiger partial charge is 0.475 e. The first kappa shape index (κ1) is 30.4. The minimum Gasteiger partial charge on any atom is -0.475 e. The van der Waals surface area contributed by atoms with Crippen LogP contribution in [-0.4, -0.2) is 71.3 Å². The number of aromatic nitrogens is 2. The molecule has 1 amide bonds. The standard InChI is InChI=1S/C28H26ClN5O.C2HF3O2/c1-4-24(35)31-23-17-20(6-5-18(23)2)25-26-22(29)11-12-30-28(26)32-27(25)19-7-9-21(10-8-19)34-15-13-33(3)14-16-34;3-2(4,5)1(6)7/h1,5-12,17H,13-16H2,2-3H3,(H,30,32)(H,31,35);(H,6,7). The van der Waals surface area contributed by atoms with Gasteiger partial charge in [0.25, 0.3) is 5.91 Å². The number of rotatable bonds is 4. The van der Waals surface area contributed by atoms with Gasteiger partial charge >= 0.3 is 12.1 Å². The summed E-state index contributed by atoms with van der Waals surface area (Å²) in [5, 5.41) is 11.4. The van der Waals surface area contributed by atoms with E-state index in [9.17, 15) is 18.0 Å². The van der Waals surface area contributed by atoms with Crippen molar-refractivity contribution in [3.05, 3.63) is 65.3 Å². The highest BCUT2D eigenvalue weighted by atomic mass is 35.5. The molecule has 4 aromatic rings. The number of benzene rings is 2. The number of carboxylic acids is 1. The molecule has 0 spiro atoms. The SMILES string of the molecule is C#CC(=O)Nc1cc(-c2c(-c3ccc(N4CCN(C)CC4)cc3)[nH]c3nccc(Cl)c23)ccc1C.O=C(O)C(F)(F)F. The van der Waals surface area contributed by atoms with Gasteiger partial charge in [-0.15, -0.1) is 6.42 Å². The molecule has 1 fully saturated rings. The van der Waals surface area contributed by atoms with E-state index in [0.29, 0.717) is 16.4 Å². The number of halogens is 4. The number of pyridine rings is 1. The number of nitrogens with one attached hydrogen (secondary N) is 2. The van der Waals surface area contributed by atoms with E-state index in [4.69, 9.17) is 27.9 Å². The Hall–Kier alpha value is -4.53. The summed E-state index contributed by atoms with van der Waals surface area (Å²) in [6.07, 6.45) is 1.88. The van der Waals surface area contributed by atoms with Gasteiger partial charge in [0.15, 0.2) is 0 Å². The number of aliphatic carboxylic acids is 1. The normalized spacial score (nSPS) is 13.7. The van der Waals surface area contributed by atoms with E-state index in [-0.39, 0.29) is 0 Å². The van der Waals surface area contributed by atoms with Gasteiger partial charge in [-0.05, 0) is 60.8 Å². The molecule has 0 bridgehead atoms. The minimum atomic E-state index is -5.08. The number of piperazine rings is 1. The maximum absolute atomic E-state index is 11.9. The third-order valence-electron chi connectivity index (χ3n) is 6.82. The number of terminal acetylenes is 1. The molecule has 0 saturated carbocycles. The minimum absolute atomic E-state index is 0.483. The first-order valence-corrected chi connectivity index (χ1v) is 13.2. The molecule has 0 radical (unpaired) electrons. The molecule has 2 aromatic carbocycles. The van der Waals surface area contributed by atoms with Gasteiger partial charge in [0.05, 0.1) is 10.7 Å². The van der Waals surface area contributed by atoms with Crippen molar-refractivity contribution in [1.82, 2.24) is 14.9 Å². The largest absolute Gasteiger partial charge is 0.490 e. The maximum atomic E-state index is 11.9. The van der Waals surface area contributed by atoms with Crippen LogP contribution < -0.4 is 10.2 Å². The van der Waals surface area contributed by atoms with Crippen molar-refractivity contribution >= 4 is 45.9 Å². The second-order valence-electron chi connectivity index (χ2n) is 9.66. The third kappa shape index (κ3) is 6.84. The Bertz CT molecular complexity index is 1650. The van der Waals surface area contributed by atoms with E-state index in [1.54, 1.807) is 12.3 Å². The molecule has 5 rings (SSSR count). The lowest BCUT2D eigenvalue weighted by Crippen LogP contribution is -2.44. The number of alkyl halides is 3. The molecule has 3 heterocycles. The van der Waals surface area contributed by atoms with Crippen molar-refractivity contribution in [2.75, 3.05) is 43.4 Å². The number of aryl methyl sites for hydroxylation is 1. The average Bonchev–Trinajstić information content (AvgIpc) is 3.35. The number of fused-ring (bicyclic) bond motifs is 1. The van der Waals surface area contributed by atoms with E-state index < -0.39 is 18.1 Å². The van der Waals surface area contributed by atoms with Crippen LogP contribution in [0.4, 0.5) is 24.5 Å². The molecule has 2 aromatic heterocycles. The maximum Gasteiger partial charge on any atom is 0.490 e. The zero-order valence-corrected chi connectivity index (χ0v) is 23.5. The van der Waals surface area contributed by atoms with Gasteiger partial charge in [-0.2, -0.15) is 13.2 Å². The second-order valence-corrected chi connectivity index (χ2v) is 10.1. The van der Waals surface area contributed by atoms with Crippen LogP contribution in [0.3, 0.4) is 0 Å². The Labute approximate surface area is 245 Å². The monoisotopic (exact) mass is 597 g/mol. The molecular formula is C30H27ClF3N5O3. The Morgan fingerprint density at radius 1 is 1.07 bits per heavy atom. The van der Waals surface area contributed by atoms with Crippen molar-refractivity contribution in [3.63, 3.8) is 0 Å². The van der Waals surface area contributed by atoms with Gasteiger partial charge in [-0.25, -0.2) is 9.78 Å². The molecule has 0 unspecified atom stereocenters. The summed E-state index contributed by atoms with van der Waals surface area (Å²) < 4.78 is 31.7. The summed E-state index contributed by atoms with van der Waals surface area (Å²) >= 11 is 6.66. The van der Waals surface area contributed by atoms with Gasteiger partial charge in [-0.3, -0.25) is 4.79 Å². The predicted molar refractivity (Wildman–Crippen MR) is 158 cm³/mol. The highest BCUT2D eigenvalue weighted by Crippen LogP contribution is 2.42. The van der Waals surface area contributed by atoms with E-state index in [1.807, 2.05) is 25.1 Å². The summed E-state index contributed by atoms with van der Waals surface area (Å²) in [7, 11) is 2.16. The van der Waals surface area contributed by atoms with E-state index in [0.717, 1.165) is 59.5 Å². The van der Waals surface area contributed by atoms with Crippen LogP contribution in [0.15, 0.2) is 54.7 Å². The van der Waals surface area contributed by atoms with Gasteiger partial charge in [0.2, 0.25) is 0 Å². The highest BCUT2D eigenvalue weighted by Gasteiger charge is 2.38. The van der Waals surface area contributed by atoms with Crippen LogP contribution >= 0.6 is 11.6 Å². The van der Waals surface area contributed by atoms with E-state index in [2.05, 4.69) is 62.3 Å². The quantitative estimate of drug-likeness (QED) is 0.257. The van der Waals surface area contributed by atoms with Crippen molar-refractivity contribution in [3.8, 4) is 34.7 Å². The molecule has 1 aliphatic rings. The number of carboxylic acid groups (broad SMARTS) is 1. The fourth-order valence-corrected chi connectivity index (χ4v) is 4.80.